The van der Waals surface area contributed by atoms with Crippen LogP contribution in [0.1, 0.15) is 43.7 Å². The molecule has 1 aliphatic heterocycles. The number of carbonyl (C=O) groups excluding carboxylic acids is 1. The van der Waals surface area contributed by atoms with Gasteiger partial charge in [0, 0.05) is 11.6 Å². The molecule has 0 bridgehead atoms. The number of nitrogens with one attached hydrogen (secondary N) is 1. The second-order valence-electron chi connectivity index (χ2n) is 8.81. The molecule has 0 atom stereocenters. The number of anilines is 1. The Hall–Kier alpha value is -2.80. The first-order valence-electron chi connectivity index (χ1n) is 11.3. The second kappa shape index (κ2) is 10.00. The van der Waals surface area contributed by atoms with E-state index >= 15 is 0 Å². The van der Waals surface area contributed by atoms with Gasteiger partial charge < -0.3 is 14.8 Å². The number of nitrogens with zero attached hydrogens (tertiary/aromatic N) is 2. The van der Waals surface area contributed by atoms with Crippen LogP contribution in [-0.4, -0.2) is 42.3 Å². The van der Waals surface area contributed by atoms with Crippen LogP contribution in [0.3, 0.4) is 0 Å². The number of hydrogen-bond donors (Lipinski definition) is 1. The van der Waals surface area contributed by atoms with Gasteiger partial charge in [0.05, 0.1) is 31.4 Å². The van der Waals surface area contributed by atoms with Crippen LogP contribution in [0.4, 0.5) is 5.69 Å². The molecule has 1 fully saturated rings. The van der Waals surface area contributed by atoms with Crippen LogP contribution in [0.2, 0.25) is 0 Å². The molecule has 174 valence electrons. The second-order valence-corrected chi connectivity index (χ2v) is 9.78. The van der Waals surface area contributed by atoms with Gasteiger partial charge in [-0.25, -0.2) is 4.99 Å². The number of hydrogen-bond acceptors (Lipinski definition) is 6. The van der Waals surface area contributed by atoms with E-state index in [0.29, 0.717) is 23.1 Å². The molecule has 2 aromatic rings. The largest absolute Gasteiger partial charge is 0.497 e. The number of rotatable bonds is 6. The third kappa shape index (κ3) is 5.41. The summed E-state index contributed by atoms with van der Waals surface area (Å²) in [5.74, 6) is 2.06. The first-order chi connectivity index (χ1) is 15.9. The molecule has 1 spiro atoms. The highest BCUT2D eigenvalue weighted by Crippen LogP contribution is 2.40. The molecule has 2 aliphatic rings. The molecule has 33 heavy (non-hydrogen) atoms. The highest BCUT2D eigenvalue weighted by Gasteiger charge is 2.39. The van der Waals surface area contributed by atoms with Crippen LogP contribution in [0.25, 0.3) is 0 Å². The van der Waals surface area contributed by atoms with Crippen molar-refractivity contribution in [2.24, 2.45) is 15.9 Å². The summed E-state index contributed by atoms with van der Waals surface area (Å²) in [7, 11) is 3.17. The van der Waals surface area contributed by atoms with Crippen molar-refractivity contribution in [2.45, 2.75) is 45.2 Å². The molecule has 1 aliphatic carbocycles. The summed E-state index contributed by atoms with van der Waals surface area (Å²) in [5.41, 5.74) is 3.37. The Bertz CT molecular complexity index is 1070. The molecule has 1 heterocycles. The predicted octanol–water partition coefficient (Wildman–Crippen LogP) is 5.49. The Morgan fingerprint density at radius 2 is 1.82 bits per heavy atom. The summed E-state index contributed by atoms with van der Waals surface area (Å²) in [6.07, 6.45) is 4.17. The van der Waals surface area contributed by atoms with E-state index in [-0.39, 0.29) is 17.3 Å². The lowest BCUT2D eigenvalue weighted by molar-refractivity contribution is -0.113. The van der Waals surface area contributed by atoms with Crippen molar-refractivity contribution in [3.8, 4) is 11.5 Å². The monoisotopic (exact) mass is 465 g/mol. The summed E-state index contributed by atoms with van der Waals surface area (Å²) in [6, 6.07) is 13.7. The molecule has 6 nitrogen and oxygen atoms in total. The molecule has 7 heteroatoms. The van der Waals surface area contributed by atoms with E-state index in [9.17, 15) is 4.79 Å². The fourth-order valence-corrected chi connectivity index (χ4v) is 5.08. The molecular formula is C26H31N3O3S. The fourth-order valence-electron chi connectivity index (χ4n) is 4.20. The van der Waals surface area contributed by atoms with Crippen LogP contribution in [0.5, 0.6) is 11.5 Å². The maximum Gasteiger partial charge on any atom is 0.234 e. The van der Waals surface area contributed by atoms with Crippen molar-refractivity contribution in [1.29, 1.82) is 0 Å². The number of carbonyl (C=O) groups is 1. The Morgan fingerprint density at radius 1 is 1.09 bits per heavy atom. The van der Waals surface area contributed by atoms with Crippen molar-refractivity contribution in [3.05, 3.63) is 53.6 Å². The lowest BCUT2D eigenvalue weighted by atomic mass is 9.83. The maximum absolute atomic E-state index is 12.8. The molecule has 1 N–H and O–H groups in total. The summed E-state index contributed by atoms with van der Waals surface area (Å²) in [4.78, 5) is 23.0. The first kappa shape index (κ1) is 23.4. The number of methoxy groups -OCH3 is 2. The maximum atomic E-state index is 12.8. The highest BCUT2D eigenvalue weighted by molar-refractivity contribution is 8.16. The highest BCUT2D eigenvalue weighted by atomic mass is 32.2. The van der Waals surface area contributed by atoms with Gasteiger partial charge in [-0.1, -0.05) is 48.5 Å². The van der Waals surface area contributed by atoms with Crippen LogP contribution >= 0.6 is 11.8 Å². The van der Waals surface area contributed by atoms with E-state index < -0.39 is 0 Å². The Balaban J connectivity index is 1.51. The van der Waals surface area contributed by atoms with Crippen molar-refractivity contribution in [3.63, 3.8) is 0 Å². The standard InChI is InChI=1S/C26H31N3O3S/c1-17-5-7-19(8-6-17)24-25(29-26(28-24)13-11-18(2)12-14-26)33-16-23(30)27-21-15-20(31-3)9-10-22(21)32-4/h5-10,15,18H,11-14,16H2,1-4H3,(H,27,30). The van der Waals surface area contributed by atoms with Gasteiger partial charge in [0.2, 0.25) is 5.91 Å². The number of aryl methyl sites for hydroxylation is 1. The van der Waals surface area contributed by atoms with E-state index in [1.165, 1.54) is 17.3 Å². The number of amides is 1. The van der Waals surface area contributed by atoms with Crippen LogP contribution in [-0.2, 0) is 4.79 Å². The van der Waals surface area contributed by atoms with Crippen LogP contribution < -0.4 is 14.8 Å². The van der Waals surface area contributed by atoms with Gasteiger partial charge in [-0.3, -0.25) is 9.79 Å². The minimum absolute atomic E-state index is 0.129. The van der Waals surface area contributed by atoms with Gasteiger partial charge in [-0.2, -0.15) is 0 Å². The van der Waals surface area contributed by atoms with Gasteiger partial charge in [-0.05, 0) is 50.7 Å². The molecular weight excluding hydrogens is 434 g/mol. The number of aliphatic imine (C=N–C) groups is 2. The summed E-state index contributed by atoms with van der Waals surface area (Å²) >= 11 is 1.45. The topological polar surface area (TPSA) is 72.3 Å². The minimum atomic E-state index is -0.373. The quantitative estimate of drug-likeness (QED) is 0.612. The molecule has 1 amide bonds. The summed E-state index contributed by atoms with van der Waals surface area (Å²) in [6.45, 7) is 4.37. The zero-order valence-corrected chi connectivity index (χ0v) is 20.5. The number of thioether (sulfide) groups is 1. The molecule has 2 aromatic carbocycles. The van der Waals surface area contributed by atoms with Crippen molar-refractivity contribution >= 4 is 34.1 Å². The van der Waals surface area contributed by atoms with Crippen molar-refractivity contribution < 1.29 is 14.3 Å². The average molecular weight is 466 g/mol. The fraction of sp³-hybridized carbons (Fsp3) is 0.423. The van der Waals surface area contributed by atoms with E-state index in [1.54, 1.807) is 32.4 Å². The zero-order chi connectivity index (χ0) is 23.4. The average Bonchev–Trinajstić information content (AvgIpc) is 3.18. The molecule has 4 rings (SSSR count). The van der Waals surface area contributed by atoms with Gasteiger partial charge in [0.1, 0.15) is 16.5 Å². The van der Waals surface area contributed by atoms with E-state index in [4.69, 9.17) is 19.5 Å². The van der Waals surface area contributed by atoms with Crippen molar-refractivity contribution in [2.75, 3.05) is 25.3 Å². The molecule has 0 radical (unpaired) electrons. The lowest BCUT2D eigenvalue weighted by Gasteiger charge is -2.30. The predicted molar refractivity (Wildman–Crippen MR) is 136 cm³/mol. The van der Waals surface area contributed by atoms with E-state index in [2.05, 4.69) is 43.4 Å². The van der Waals surface area contributed by atoms with Gasteiger partial charge in [0.15, 0.2) is 5.66 Å². The molecule has 1 saturated carbocycles. The van der Waals surface area contributed by atoms with Crippen LogP contribution in [0.15, 0.2) is 52.4 Å². The number of benzene rings is 2. The minimum Gasteiger partial charge on any atom is -0.497 e. The molecule has 0 unspecified atom stereocenters. The van der Waals surface area contributed by atoms with Crippen LogP contribution in [0, 0.1) is 12.8 Å². The Morgan fingerprint density at radius 3 is 2.48 bits per heavy atom. The SMILES string of the molecule is COc1ccc(OC)c(NC(=O)CSC2=NC3(CCC(C)CC3)N=C2c2ccc(C)cc2)c1. The smallest absolute Gasteiger partial charge is 0.234 e. The first-order valence-corrected chi connectivity index (χ1v) is 12.3. The zero-order valence-electron chi connectivity index (χ0n) is 19.7. The lowest BCUT2D eigenvalue weighted by Crippen LogP contribution is -2.28. The number of ether oxygens (including phenoxy) is 2. The third-order valence-electron chi connectivity index (χ3n) is 6.25. The Labute approximate surface area is 199 Å². The molecule has 0 saturated heterocycles. The van der Waals surface area contributed by atoms with Gasteiger partial charge in [0.25, 0.3) is 0 Å². The van der Waals surface area contributed by atoms with Crippen molar-refractivity contribution in [1.82, 2.24) is 0 Å². The summed E-state index contributed by atoms with van der Waals surface area (Å²) in [5, 5.41) is 3.79. The summed E-state index contributed by atoms with van der Waals surface area (Å²) < 4.78 is 10.6. The Kier molecular flexibility index (Phi) is 7.08. The van der Waals surface area contributed by atoms with Gasteiger partial charge >= 0.3 is 0 Å². The normalized spacial score (nSPS) is 22.0. The van der Waals surface area contributed by atoms with E-state index in [1.807, 2.05) is 0 Å². The third-order valence-corrected chi connectivity index (χ3v) is 7.22. The molecule has 0 aromatic heterocycles. The van der Waals surface area contributed by atoms with E-state index in [0.717, 1.165) is 42.0 Å². The van der Waals surface area contributed by atoms with Gasteiger partial charge in [-0.15, -0.1) is 0 Å².